The highest BCUT2D eigenvalue weighted by Gasteiger charge is 2.25. The van der Waals surface area contributed by atoms with Gasteiger partial charge in [0.1, 0.15) is 6.10 Å². The van der Waals surface area contributed by atoms with Gasteiger partial charge in [-0.1, -0.05) is 31.9 Å². The summed E-state index contributed by atoms with van der Waals surface area (Å²) in [6, 6.07) is 5.80. The van der Waals surface area contributed by atoms with Gasteiger partial charge in [-0.2, -0.15) is 0 Å². The predicted molar refractivity (Wildman–Crippen MR) is 81.6 cm³/mol. The van der Waals surface area contributed by atoms with Crippen molar-refractivity contribution >= 4 is 18.6 Å². The van der Waals surface area contributed by atoms with E-state index in [-0.39, 0.29) is 11.4 Å². The third-order valence-electron chi connectivity index (χ3n) is 2.70. The van der Waals surface area contributed by atoms with E-state index in [1.807, 2.05) is 13.8 Å². The Morgan fingerprint density at radius 1 is 1.43 bits per heavy atom. The minimum Gasteiger partial charge on any atom is -0.383 e. The number of carbonyl (C=O) groups excluding carboxylic acids is 1. The fraction of sp³-hybridized carbons (Fsp3) is 0.400. The molecule has 21 heavy (non-hydrogen) atoms. The van der Waals surface area contributed by atoms with Gasteiger partial charge in [0.25, 0.3) is 5.91 Å². The largest absolute Gasteiger partial charge is 0.572 e. The number of hydrogen-bond acceptors (Lipinski definition) is 2. The number of likely N-dealkylation sites (tertiary alicyclic amines) is 1. The van der Waals surface area contributed by atoms with Crippen molar-refractivity contribution in [3.63, 3.8) is 0 Å². The standard InChI is InChI=1S/C8H5BF2.C5H9NO2.C2H6/c1-2-7-4-3-5-8(6-7)9(10)11;1-6-3-2-4(7)5(6)8;1-2/h1,3-6H;4,7H,2-3H2,1H3;1-2H3. The Morgan fingerprint density at radius 2 is 2.05 bits per heavy atom. The molecule has 1 atom stereocenters. The normalized spacial score (nSPS) is 16.1. The number of aliphatic hydroxyl groups is 1. The number of likely N-dealkylation sites (N-methyl/N-ethyl adjacent to an activating group) is 1. The summed E-state index contributed by atoms with van der Waals surface area (Å²) >= 11 is 0. The van der Waals surface area contributed by atoms with Gasteiger partial charge < -0.3 is 10.0 Å². The highest BCUT2D eigenvalue weighted by molar-refractivity contribution is 6.59. The van der Waals surface area contributed by atoms with Crippen LogP contribution in [0, 0.1) is 12.3 Å². The van der Waals surface area contributed by atoms with Gasteiger partial charge in [-0.15, -0.1) is 6.42 Å². The number of rotatable bonds is 1. The highest BCUT2D eigenvalue weighted by Crippen LogP contribution is 2.06. The van der Waals surface area contributed by atoms with Crippen molar-refractivity contribution in [2.75, 3.05) is 13.6 Å². The quantitative estimate of drug-likeness (QED) is 0.630. The zero-order valence-electron chi connectivity index (χ0n) is 12.5. The van der Waals surface area contributed by atoms with E-state index in [0.717, 1.165) is 0 Å². The van der Waals surface area contributed by atoms with Crippen LogP contribution in [0.2, 0.25) is 0 Å². The Balaban J connectivity index is 0.000000354. The average Bonchev–Trinajstić information content (AvgIpc) is 2.81. The first kappa shape index (κ1) is 19.1. The van der Waals surface area contributed by atoms with Crippen molar-refractivity contribution in [2.45, 2.75) is 26.4 Å². The zero-order valence-corrected chi connectivity index (χ0v) is 12.5. The zero-order chi connectivity index (χ0) is 16.4. The predicted octanol–water partition coefficient (Wildman–Crippen LogP) is 1.54. The molecule has 1 aromatic carbocycles. The Labute approximate surface area is 125 Å². The second-order valence-electron chi connectivity index (χ2n) is 4.13. The Morgan fingerprint density at radius 3 is 2.38 bits per heavy atom. The van der Waals surface area contributed by atoms with Crippen LogP contribution in [0.15, 0.2) is 24.3 Å². The molecule has 0 radical (unpaired) electrons. The van der Waals surface area contributed by atoms with Crippen LogP contribution in [0.5, 0.6) is 0 Å². The van der Waals surface area contributed by atoms with E-state index in [1.54, 1.807) is 13.1 Å². The van der Waals surface area contributed by atoms with Gasteiger partial charge in [-0.25, -0.2) is 0 Å². The molecule has 1 saturated heterocycles. The monoisotopic (exact) mass is 295 g/mol. The van der Waals surface area contributed by atoms with Crippen LogP contribution in [0.4, 0.5) is 8.63 Å². The van der Waals surface area contributed by atoms with Crippen molar-refractivity contribution in [3.8, 4) is 12.3 Å². The number of hydrogen-bond donors (Lipinski definition) is 1. The SMILES string of the molecule is C#Cc1cccc(B(F)F)c1.CC.CN1CCC(O)C1=O. The maximum atomic E-state index is 12.0. The first-order chi connectivity index (χ1) is 9.95. The second-order valence-corrected chi connectivity index (χ2v) is 4.13. The smallest absolute Gasteiger partial charge is 0.383 e. The first-order valence-corrected chi connectivity index (χ1v) is 6.73. The van der Waals surface area contributed by atoms with E-state index in [1.165, 1.54) is 23.1 Å². The summed E-state index contributed by atoms with van der Waals surface area (Å²) in [6.07, 6.45) is 4.89. The van der Waals surface area contributed by atoms with E-state index < -0.39 is 13.4 Å². The molecule has 6 heteroatoms. The number of nitrogens with zero attached hydrogens (tertiary/aromatic N) is 1. The average molecular weight is 295 g/mol. The van der Waals surface area contributed by atoms with Crippen molar-refractivity contribution in [1.29, 1.82) is 0 Å². The molecule has 1 unspecified atom stereocenters. The van der Waals surface area contributed by atoms with Crippen LogP contribution < -0.4 is 5.46 Å². The second kappa shape index (κ2) is 9.95. The van der Waals surface area contributed by atoms with Crippen LogP contribution in [-0.2, 0) is 4.79 Å². The van der Waals surface area contributed by atoms with Gasteiger partial charge in [-0.3, -0.25) is 13.4 Å². The fourth-order valence-electron chi connectivity index (χ4n) is 1.57. The summed E-state index contributed by atoms with van der Waals surface area (Å²) in [6.45, 7) is 4.69. The molecule has 1 N–H and O–H groups in total. The summed E-state index contributed by atoms with van der Waals surface area (Å²) in [5, 5.41) is 8.78. The molecule has 114 valence electrons. The molecular weight excluding hydrogens is 275 g/mol. The van der Waals surface area contributed by atoms with Gasteiger partial charge in [0, 0.05) is 19.2 Å². The Kier molecular flexibility index (Phi) is 9.06. The van der Waals surface area contributed by atoms with Crippen molar-refractivity contribution in [2.24, 2.45) is 0 Å². The third kappa shape index (κ3) is 6.41. The molecular formula is C15H20BF2NO2. The van der Waals surface area contributed by atoms with E-state index in [9.17, 15) is 13.4 Å². The molecule has 3 nitrogen and oxygen atoms in total. The lowest BCUT2D eigenvalue weighted by atomic mass is 9.85. The van der Waals surface area contributed by atoms with Crippen LogP contribution >= 0.6 is 0 Å². The van der Waals surface area contributed by atoms with E-state index >= 15 is 0 Å². The molecule has 1 heterocycles. The molecule has 0 bridgehead atoms. The van der Waals surface area contributed by atoms with Crippen molar-refractivity contribution < 1.29 is 18.5 Å². The molecule has 1 aliphatic heterocycles. The van der Waals surface area contributed by atoms with Crippen molar-refractivity contribution in [1.82, 2.24) is 4.90 Å². The molecule has 1 amide bonds. The lowest BCUT2D eigenvalue weighted by Gasteiger charge is -2.04. The number of amides is 1. The lowest BCUT2D eigenvalue weighted by molar-refractivity contribution is -0.133. The summed E-state index contributed by atoms with van der Waals surface area (Å²) < 4.78 is 24.0. The van der Waals surface area contributed by atoms with Gasteiger partial charge in [-0.05, 0) is 24.0 Å². The Hall–Kier alpha value is -1.87. The lowest BCUT2D eigenvalue weighted by Crippen LogP contribution is -2.24. The number of carbonyl (C=O) groups is 1. The summed E-state index contributed by atoms with van der Waals surface area (Å²) in [5.74, 6) is 2.14. The summed E-state index contributed by atoms with van der Waals surface area (Å²) in [5.41, 5.74) is 0.461. The maximum Gasteiger partial charge on any atom is 0.572 e. The van der Waals surface area contributed by atoms with E-state index in [2.05, 4.69) is 5.92 Å². The van der Waals surface area contributed by atoms with Crippen LogP contribution in [0.1, 0.15) is 25.8 Å². The molecule has 2 rings (SSSR count). The van der Waals surface area contributed by atoms with E-state index in [0.29, 0.717) is 18.5 Å². The molecule has 1 fully saturated rings. The van der Waals surface area contributed by atoms with Crippen molar-refractivity contribution in [3.05, 3.63) is 29.8 Å². The Bertz CT molecular complexity index is 477. The molecule has 0 spiro atoms. The fourth-order valence-corrected chi connectivity index (χ4v) is 1.57. The molecule has 0 aliphatic carbocycles. The minimum absolute atomic E-state index is 0.0274. The molecule has 1 aliphatic rings. The highest BCUT2D eigenvalue weighted by atomic mass is 19.2. The topological polar surface area (TPSA) is 40.5 Å². The number of terminal acetylenes is 1. The molecule has 0 saturated carbocycles. The van der Waals surface area contributed by atoms with Gasteiger partial charge in [0.2, 0.25) is 0 Å². The number of benzene rings is 1. The first-order valence-electron chi connectivity index (χ1n) is 6.73. The maximum absolute atomic E-state index is 12.0. The van der Waals surface area contributed by atoms with Gasteiger partial charge in [0.05, 0.1) is 0 Å². The van der Waals surface area contributed by atoms with Gasteiger partial charge >= 0.3 is 7.27 Å². The van der Waals surface area contributed by atoms with E-state index in [4.69, 9.17) is 11.5 Å². The number of aliphatic hydroxyl groups excluding tert-OH is 1. The number of halogens is 2. The summed E-state index contributed by atoms with van der Waals surface area (Å²) in [4.78, 5) is 12.1. The summed E-state index contributed by atoms with van der Waals surface area (Å²) in [7, 11) is -0.748. The van der Waals surface area contributed by atoms with Crippen LogP contribution in [-0.4, -0.2) is 42.9 Å². The minimum atomic E-state index is -2.44. The van der Waals surface area contributed by atoms with Gasteiger partial charge in [0.15, 0.2) is 0 Å². The molecule has 0 aromatic heterocycles. The van der Waals surface area contributed by atoms with Crippen LogP contribution in [0.25, 0.3) is 0 Å². The third-order valence-corrected chi connectivity index (χ3v) is 2.70. The van der Waals surface area contributed by atoms with Crippen LogP contribution in [0.3, 0.4) is 0 Å². The molecule has 1 aromatic rings.